The molecule has 0 bridgehead atoms. The molecule has 1 heterocycles. The van der Waals surface area contributed by atoms with Gasteiger partial charge in [0.15, 0.2) is 5.96 Å². The molecule has 0 unspecified atom stereocenters. The smallest absolute Gasteiger partial charge is 0.408 e. The molecule has 1 amide bonds. The lowest BCUT2D eigenvalue weighted by molar-refractivity contribution is 0.0474. The Morgan fingerprint density at radius 1 is 1.13 bits per heavy atom. The van der Waals surface area contributed by atoms with Gasteiger partial charge >= 0.3 is 6.09 Å². The first-order chi connectivity index (χ1) is 14.5. The van der Waals surface area contributed by atoms with Crippen LogP contribution in [0.15, 0.2) is 39.9 Å². The van der Waals surface area contributed by atoms with Crippen molar-refractivity contribution in [3.05, 3.63) is 41.8 Å². The number of ether oxygens (including phenoxy) is 1. The molecule has 2 rings (SSSR count). The lowest BCUT2D eigenvalue weighted by Gasteiger charge is -2.29. The molecule has 8 heteroatoms. The number of amides is 1. The molecule has 170 valence electrons. The second-order valence-corrected chi connectivity index (χ2v) is 9.07. The third kappa shape index (κ3) is 8.70. The normalized spacial score (nSPS) is 12.4. The predicted octanol–water partition coefficient (Wildman–Crippen LogP) is 4.01. The van der Waals surface area contributed by atoms with E-state index in [1.54, 1.807) is 6.26 Å². The van der Waals surface area contributed by atoms with Crippen molar-refractivity contribution in [2.45, 2.75) is 66.2 Å². The van der Waals surface area contributed by atoms with Crippen molar-refractivity contribution in [3.8, 4) is 11.5 Å². The molecule has 0 aliphatic carbocycles. The van der Waals surface area contributed by atoms with Crippen LogP contribution in [-0.4, -0.2) is 41.3 Å². The van der Waals surface area contributed by atoms with Crippen molar-refractivity contribution < 1.29 is 13.9 Å². The van der Waals surface area contributed by atoms with Gasteiger partial charge in [0.05, 0.1) is 12.1 Å². The number of hydrogen-bond donors (Lipinski definition) is 3. The molecular formula is C23H35N5O3. The Labute approximate surface area is 184 Å². The molecule has 8 nitrogen and oxygen atoms in total. The Balaban J connectivity index is 1.95. The first kappa shape index (κ1) is 24.2. The monoisotopic (exact) mass is 429 g/mol. The highest BCUT2D eigenvalue weighted by atomic mass is 16.6. The minimum Gasteiger partial charge on any atom is -0.444 e. The molecule has 31 heavy (non-hydrogen) atoms. The summed E-state index contributed by atoms with van der Waals surface area (Å²) >= 11 is 0. The number of aliphatic imine (C=N–C) groups is 1. The number of carbonyl (C=O) groups excluding carboxylic acids is 1. The van der Waals surface area contributed by atoms with E-state index in [0.717, 1.165) is 11.3 Å². The number of guanidine groups is 1. The Bertz CT molecular complexity index is 879. The third-order valence-electron chi connectivity index (χ3n) is 4.13. The van der Waals surface area contributed by atoms with E-state index in [1.807, 2.05) is 72.7 Å². The number of nitrogens with zero attached hydrogens (tertiary/aromatic N) is 2. The van der Waals surface area contributed by atoms with E-state index in [4.69, 9.17) is 9.15 Å². The zero-order valence-corrected chi connectivity index (χ0v) is 19.6. The van der Waals surface area contributed by atoms with Crippen LogP contribution in [0.2, 0.25) is 0 Å². The summed E-state index contributed by atoms with van der Waals surface area (Å²) in [5.74, 6) is 1.20. The van der Waals surface area contributed by atoms with Crippen LogP contribution in [0.3, 0.4) is 0 Å². The van der Waals surface area contributed by atoms with Crippen molar-refractivity contribution in [2.75, 3.05) is 13.1 Å². The highest BCUT2D eigenvalue weighted by molar-refractivity contribution is 5.80. The Morgan fingerprint density at radius 2 is 1.81 bits per heavy atom. The molecule has 0 atom stereocenters. The van der Waals surface area contributed by atoms with Crippen molar-refractivity contribution in [1.29, 1.82) is 0 Å². The van der Waals surface area contributed by atoms with Gasteiger partial charge in [-0.1, -0.05) is 17.7 Å². The number of rotatable bonds is 7. The average Bonchev–Trinajstić information content (AvgIpc) is 3.11. The SMILES string of the molecule is CCNC(=NCc1coc(-c2ccc(C)cc2)n1)NCC(C)(C)NC(=O)OC(C)(C)C. The predicted molar refractivity (Wildman–Crippen MR) is 123 cm³/mol. The molecule has 0 fully saturated rings. The average molecular weight is 430 g/mol. The summed E-state index contributed by atoms with van der Waals surface area (Å²) in [7, 11) is 0. The maximum absolute atomic E-state index is 12.1. The van der Waals surface area contributed by atoms with Gasteiger partial charge in [-0.2, -0.15) is 0 Å². The first-order valence-corrected chi connectivity index (χ1v) is 10.5. The standard InChI is InChI=1S/C23H35N5O3/c1-8-24-20(26-15-23(6,7)28-21(29)31-22(3,4)5)25-13-18-14-30-19(27-18)17-11-9-16(2)10-12-17/h9-12,14H,8,13,15H2,1-7H3,(H,28,29)(H2,24,25,26). The number of aromatic nitrogens is 1. The summed E-state index contributed by atoms with van der Waals surface area (Å²) in [6.45, 7) is 14.9. The summed E-state index contributed by atoms with van der Waals surface area (Å²) < 4.78 is 10.9. The summed E-state index contributed by atoms with van der Waals surface area (Å²) in [6.07, 6.45) is 1.17. The van der Waals surface area contributed by atoms with Crippen LogP contribution in [0.5, 0.6) is 0 Å². The van der Waals surface area contributed by atoms with Gasteiger partial charge in [-0.15, -0.1) is 0 Å². The van der Waals surface area contributed by atoms with Crippen LogP contribution in [0.1, 0.15) is 52.8 Å². The lowest BCUT2D eigenvalue weighted by atomic mass is 10.1. The van der Waals surface area contributed by atoms with E-state index in [-0.39, 0.29) is 0 Å². The van der Waals surface area contributed by atoms with Crippen molar-refractivity contribution >= 4 is 12.1 Å². The van der Waals surface area contributed by atoms with Crippen LogP contribution >= 0.6 is 0 Å². The van der Waals surface area contributed by atoms with Crippen LogP contribution in [-0.2, 0) is 11.3 Å². The molecule has 1 aromatic heterocycles. The van der Waals surface area contributed by atoms with E-state index in [0.29, 0.717) is 31.5 Å². The maximum atomic E-state index is 12.1. The topological polar surface area (TPSA) is 101 Å². The minimum absolute atomic E-state index is 0.366. The number of nitrogens with one attached hydrogen (secondary N) is 3. The van der Waals surface area contributed by atoms with E-state index in [2.05, 4.69) is 25.9 Å². The van der Waals surface area contributed by atoms with Crippen LogP contribution < -0.4 is 16.0 Å². The number of carbonyl (C=O) groups is 1. The van der Waals surface area contributed by atoms with Crippen LogP contribution in [0.4, 0.5) is 4.79 Å². The molecule has 0 aliphatic heterocycles. The fraction of sp³-hybridized carbons (Fsp3) is 0.522. The quantitative estimate of drug-likeness (QED) is 0.454. The van der Waals surface area contributed by atoms with Crippen molar-refractivity contribution in [2.24, 2.45) is 4.99 Å². The maximum Gasteiger partial charge on any atom is 0.408 e. The molecular weight excluding hydrogens is 394 g/mol. The van der Waals surface area contributed by atoms with Gasteiger partial charge in [0, 0.05) is 18.7 Å². The van der Waals surface area contributed by atoms with Gasteiger partial charge in [0.1, 0.15) is 17.6 Å². The summed E-state index contributed by atoms with van der Waals surface area (Å²) in [5.41, 5.74) is 1.77. The van der Waals surface area contributed by atoms with Crippen molar-refractivity contribution in [3.63, 3.8) is 0 Å². The molecule has 1 aromatic carbocycles. The number of oxazole rings is 1. The third-order valence-corrected chi connectivity index (χ3v) is 4.13. The lowest BCUT2D eigenvalue weighted by Crippen LogP contribution is -2.54. The zero-order valence-electron chi connectivity index (χ0n) is 19.6. The molecule has 0 saturated heterocycles. The minimum atomic E-state index is -0.543. The number of aryl methyl sites for hydroxylation is 1. The van der Waals surface area contributed by atoms with E-state index in [9.17, 15) is 4.79 Å². The van der Waals surface area contributed by atoms with Crippen LogP contribution in [0.25, 0.3) is 11.5 Å². The fourth-order valence-corrected chi connectivity index (χ4v) is 2.64. The summed E-state index contributed by atoms with van der Waals surface area (Å²) in [4.78, 5) is 21.2. The molecule has 2 aromatic rings. The Morgan fingerprint density at radius 3 is 2.42 bits per heavy atom. The van der Waals surface area contributed by atoms with E-state index < -0.39 is 17.2 Å². The van der Waals surface area contributed by atoms with Gasteiger partial charge in [0.25, 0.3) is 0 Å². The van der Waals surface area contributed by atoms with Gasteiger partial charge in [-0.3, -0.25) is 0 Å². The molecule has 0 saturated carbocycles. The highest BCUT2D eigenvalue weighted by Gasteiger charge is 2.24. The highest BCUT2D eigenvalue weighted by Crippen LogP contribution is 2.19. The number of benzene rings is 1. The van der Waals surface area contributed by atoms with Gasteiger partial charge < -0.3 is 25.1 Å². The Kier molecular flexibility index (Phi) is 8.08. The first-order valence-electron chi connectivity index (χ1n) is 10.5. The zero-order chi connectivity index (χ0) is 23.1. The largest absolute Gasteiger partial charge is 0.444 e. The molecule has 3 N–H and O–H groups in total. The molecule has 0 radical (unpaired) electrons. The van der Waals surface area contributed by atoms with Gasteiger partial charge in [-0.25, -0.2) is 14.8 Å². The van der Waals surface area contributed by atoms with E-state index >= 15 is 0 Å². The van der Waals surface area contributed by atoms with Crippen molar-refractivity contribution in [1.82, 2.24) is 20.9 Å². The second-order valence-electron chi connectivity index (χ2n) is 9.07. The summed E-state index contributed by atoms with van der Waals surface area (Å²) in [6, 6.07) is 8.02. The summed E-state index contributed by atoms with van der Waals surface area (Å²) in [5, 5.41) is 9.33. The van der Waals surface area contributed by atoms with Gasteiger partial charge in [-0.05, 0) is 60.6 Å². The van der Waals surface area contributed by atoms with Crippen LogP contribution in [0, 0.1) is 6.92 Å². The molecule has 0 aliphatic rings. The van der Waals surface area contributed by atoms with E-state index in [1.165, 1.54) is 5.56 Å². The Hall–Kier alpha value is -3.03. The fourth-order valence-electron chi connectivity index (χ4n) is 2.64. The van der Waals surface area contributed by atoms with Gasteiger partial charge in [0.2, 0.25) is 5.89 Å². The number of alkyl carbamates (subject to hydrolysis) is 1. The number of hydrogen-bond acceptors (Lipinski definition) is 5. The second kappa shape index (κ2) is 10.3. The molecule has 0 spiro atoms.